The van der Waals surface area contributed by atoms with Gasteiger partial charge in [0, 0.05) is 36.7 Å². The summed E-state index contributed by atoms with van der Waals surface area (Å²) in [5.74, 6) is -0.217. The molecule has 25 heavy (non-hydrogen) atoms. The first-order valence-corrected chi connectivity index (χ1v) is 8.75. The van der Waals surface area contributed by atoms with Crippen molar-refractivity contribution in [2.75, 3.05) is 13.2 Å². The average molecular weight is 339 g/mol. The van der Waals surface area contributed by atoms with Crippen LogP contribution in [-0.2, 0) is 28.9 Å². The molecule has 4 rings (SSSR count). The number of benzene rings is 1. The number of aromatic amines is 1. The van der Waals surface area contributed by atoms with Crippen LogP contribution in [0.1, 0.15) is 40.2 Å². The maximum Gasteiger partial charge on any atom is 0.359 e. The molecule has 0 bridgehead atoms. The second kappa shape index (κ2) is 6.70. The highest BCUT2D eigenvalue weighted by Crippen LogP contribution is 2.24. The number of aryl methyl sites for hydroxylation is 1. The van der Waals surface area contributed by atoms with Crippen LogP contribution in [-0.4, -0.2) is 40.1 Å². The SMILES string of the molecule is O=C(OC[C@@H]1CC(=O)N(Cc2ccccc2)C1)c1n[nH]c2c1CCC2. The fourth-order valence-electron chi connectivity index (χ4n) is 3.67. The molecule has 0 spiro atoms. The molecule has 1 atom stereocenters. The molecule has 6 nitrogen and oxygen atoms in total. The van der Waals surface area contributed by atoms with Gasteiger partial charge in [-0.3, -0.25) is 9.89 Å². The van der Waals surface area contributed by atoms with Gasteiger partial charge in [0.05, 0.1) is 6.61 Å². The summed E-state index contributed by atoms with van der Waals surface area (Å²) < 4.78 is 5.44. The summed E-state index contributed by atoms with van der Waals surface area (Å²) in [5, 5.41) is 7.02. The van der Waals surface area contributed by atoms with Crippen molar-refractivity contribution in [3.63, 3.8) is 0 Å². The first-order valence-electron chi connectivity index (χ1n) is 8.75. The Morgan fingerprint density at radius 2 is 2.12 bits per heavy atom. The van der Waals surface area contributed by atoms with E-state index < -0.39 is 0 Å². The molecule has 2 aliphatic rings. The molecule has 0 unspecified atom stereocenters. The molecule has 1 N–H and O–H groups in total. The molecule has 1 fully saturated rings. The van der Waals surface area contributed by atoms with E-state index in [1.165, 1.54) is 0 Å². The lowest BCUT2D eigenvalue weighted by molar-refractivity contribution is -0.128. The predicted molar refractivity (Wildman–Crippen MR) is 90.9 cm³/mol. The summed E-state index contributed by atoms with van der Waals surface area (Å²) in [6.45, 7) is 1.49. The van der Waals surface area contributed by atoms with Gasteiger partial charge < -0.3 is 9.64 Å². The van der Waals surface area contributed by atoms with E-state index in [-0.39, 0.29) is 24.4 Å². The minimum atomic E-state index is -0.381. The zero-order chi connectivity index (χ0) is 17.2. The van der Waals surface area contributed by atoms with Crippen LogP contribution in [0.25, 0.3) is 0 Å². The molecule has 1 aromatic heterocycles. The van der Waals surface area contributed by atoms with E-state index in [4.69, 9.17) is 4.74 Å². The summed E-state index contributed by atoms with van der Waals surface area (Å²) in [6, 6.07) is 9.93. The van der Waals surface area contributed by atoms with Crippen molar-refractivity contribution in [1.82, 2.24) is 15.1 Å². The fourth-order valence-corrected chi connectivity index (χ4v) is 3.67. The lowest BCUT2D eigenvalue weighted by Gasteiger charge is -2.16. The van der Waals surface area contributed by atoms with Crippen LogP contribution in [0.15, 0.2) is 30.3 Å². The smallest absolute Gasteiger partial charge is 0.359 e. The molecule has 1 aliphatic carbocycles. The van der Waals surface area contributed by atoms with Crippen molar-refractivity contribution in [3.8, 4) is 0 Å². The Balaban J connectivity index is 1.31. The zero-order valence-electron chi connectivity index (χ0n) is 14.0. The Hall–Kier alpha value is -2.63. The van der Waals surface area contributed by atoms with Gasteiger partial charge >= 0.3 is 5.97 Å². The molecule has 1 amide bonds. The van der Waals surface area contributed by atoms with E-state index in [1.807, 2.05) is 35.2 Å². The molecule has 0 radical (unpaired) electrons. The normalized spacial score (nSPS) is 19.3. The molecule has 2 aromatic rings. The Labute approximate surface area is 146 Å². The standard InChI is InChI=1S/C19H21N3O3/c23-17-9-14(11-22(17)10-13-5-2-1-3-6-13)12-25-19(24)18-15-7-4-8-16(15)20-21-18/h1-3,5-6,14H,4,7-12H2,(H,20,21)/t14-/m1/s1. The van der Waals surface area contributed by atoms with Crippen molar-refractivity contribution in [1.29, 1.82) is 0 Å². The zero-order valence-corrected chi connectivity index (χ0v) is 14.0. The van der Waals surface area contributed by atoms with Crippen LogP contribution < -0.4 is 0 Å². The highest BCUT2D eigenvalue weighted by molar-refractivity contribution is 5.89. The number of nitrogens with zero attached hydrogens (tertiary/aromatic N) is 2. The van der Waals surface area contributed by atoms with Crippen LogP contribution in [0.5, 0.6) is 0 Å². The number of carbonyl (C=O) groups excluding carboxylic acids is 2. The minimum Gasteiger partial charge on any atom is -0.461 e. The van der Waals surface area contributed by atoms with Gasteiger partial charge in [-0.15, -0.1) is 0 Å². The monoisotopic (exact) mass is 339 g/mol. The van der Waals surface area contributed by atoms with Gasteiger partial charge in [-0.2, -0.15) is 5.10 Å². The van der Waals surface area contributed by atoms with Gasteiger partial charge in [0.15, 0.2) is 5.69 Å². The molecule has 6 heteroatoms. The van der Waals surface area contributed by atoms with Gasteiger partial charge in [-0.1, -0.05) is 30.3 Å². The Morgan fingerprint density at radius 1 is 1.28 bits per heavy atom. The lowest BCUT2D eigenvalue weighted by atomic mass is 10.1. The topological polar surface area (TPSA) is 75.3 Å². The summed E-state index contributed by atoms with van der Waals surface area (Å²) in [6.07, 6.45) is 3.30. The van der Waals surface area contributed by atoms with Gasteiger partial charge in [0.2, 0.25) is 5.91 Å². The van der Waals surface area contributed by atoms with E-state index in [1.54, 1.807) is 0 Å². The van der Waals surface area contributed by atoms with Crippen molar-refractivity contribution < 1.29 is 14.3 Å². The predicted octanol–water partition coefficient (Wildman–Crippen LogP) is 2.10. The summed E-state index contributed by atoms with van der Waals surface area (Å²) in [4.78, 5) is 26.3. The quantitative estimate of drug-likeness (QED) is 0.847. The number of ether oxygens (including phenoxy) is 1. The third-order valence-electron chi connectivity index (χ3n) is 4.96. The minimum absolute atomic E-state index is 0.0483. The number of amides is 1. The van der Waals surface area contributed by atoms with Crippen LogP contribution in [0.2, 0.25) is 0 Å². The van der Waals surface area contributed by atoms with Gasteiger partial charge in [-0.05, 0) is 24.8 Å². The molecule has 0 saturated carbocycles. The number of carbonyl (C=O) groups is 2. The van der Waals surface area contributed by atoms with Crippen molar-refractivity contribution in [2.24, 2.45) is 5.92 Å². The van der Waals surface area contributed by atoms with Crippen LogP contribution in [0, 0.1) is 5.92 Å². The number of H-pyrrole nitrogens is 1. The number of fused-ring (bicyclic) bond motifs is 1. The van der Waals surface area contributed by atoms with E-state index in [9.17, 15) is 9.59 Å². The number of esters is 1. The van der Waals surface area contributed by atoms with Crippen molar-refractivity contribution in [2.45, 2.75) is 32.2 Å². The first kappa shape index (κ1) is 15.9. The largest absolute Gasteiger partial charge is 0.461 e. The van der Waals surface area contributed by atoms with E-state index in [2.05, 4.69) is 10.2 Å². The van der Waals surface area contributed by atoms with E-state index in [0.717, 1.165) is 36.1 Å². The maximum absolute atomic E-state index is 12.3. The number of aromatic nitrogens is 2. The lowest BCUT2D eigenvalue weighted by Crippen LogP contribution is -2.25. The first-order chi connectivity index (χ1) is 12.2. The molecular formula is C19H21N3O3. The highest BCUT2D eigenvalue weighted by Gasteiger charge is 2.31. The van der Waals surface area contributed by atoms with Crippen LogP contribution in [0.3, 0.4) is 0 Å². The van der Waals surface area contributed by atoms with Gasteiger partial charge in [0.25, 0.3) is 0 Å². The molecule has 1 saturated heterocycles. The van der Waals surface area contributed by atoms with Gasteiger partial charge in [-0.25, -0.2) is 4.79 Å². The second-order valence-corrected chi connectivity index (χ2v) is 6.81. The summed E-state index contributed by atoms with van der Waals surface area (Å²) >= 11 is 0. The van der Waals surface area contributed by atoms with Gasteiger partial charge in [0.1, 0.15) is 0 Å². The van der Waals surface area contributed by atoms with Crippen LogP contribution in [0.4, 0.5) is 0 Å². The molecular weight excluding hydrogens is 318 g/mol. The Morgan fingerprint density at radius 3 is 2.96 bits per heavy atom. The van der Waals surface area contributed by atoms with E-state index in [0.29, 0.717) is 25.2 Å². The molecule has 1 aliphatic heterocycles. The Kier molecular flexibility index (Phi) is 4.26. The molecule has 1 aromatic carbocycles. The van der Waals surface area contributed by atoms with Crippen molar-refractivity contribution >= 4 is 11.9 Å². The number of hydrogen-bond acceptors (Lipinski definition) is 4. The molecule has 2 heterocycles. The number of likely N-dealkylation sites (tertiary alicyclic amines) is 1. The summed E-state index contributed by atoms with van der Waals surface area (Å²) in [5.41, 5.74) is 3.58. The molecule has 130 valence electrons. The van der Waals surface area contributed by atoms with E-state index >= 15 is 0 Å². The number of rotatable bonds is 5. The second-order valence-electron chi connectivity index (χ2n) is 6.81. The highest BCUT2D eigenvalue weighted by atomic mass is 16.5. The Bertz CT molecular complexity index is 784. The average Bonchev–Trinajstić information content (AvgIpc) is 3.30. The third kappa shape index (κ3) is 3.29. The third-order valence-corrected chi connectivity index (χ3v) is 4.96. The summed E-state index contributed by atoms with van der Waals surface area (Å²) in [7, 11) is 0. The maximum atomic E-state index is 12.3. The van der Waals surface area contributed by atoms with Crippen molar-refractivity contribution in [3.05, 3.63) is 52.8 Å². The number of hydrogen-bond donors (Lipinski definition) is 1. The number of nitrogens with one attached hydrogen (secondary N) is 1. The fraction of sp³-hybridized carbons (Fsp3) is 0.421. The van der Waals surface area contributed by atoms with Crippen LogP contribution >= 0.6 is 0 Å².